The molecule has 0 spiro atoms. The second-order valence-corrected chi connectivity index (χ2v) is 2.03. The van der Waals surface area contributed by atoms with Gasteiger partial charge in [-0.3, -0.25) is 0 Å². The molecule has 1 aromatic carbocycles. The van der Waals surface area contributed by atoms with Gasteiger partial charge < -0.3 is 0 Å². The Bertz CT molecular complexity index is 221. The van der Waals surface area contributed by atoms with Gasteiger partial charge in [0.25, 0.3) is 0 Å². The maximum absolute atomic E-state index is 10.1. The summed E-state index contributed by atoms with van der Waals surface area (Å²) < 4.78 is 0. The van der Waals surface area contributed by atoms with Gasteiger partial charge in [0.15, 0.2) is 0 Å². The van der Waals surface area contributed by atoms with E-state index in [-0.39, 0.29) is 19.9 Å². The molecule has 0 aromatic heterocycles. The van der Waals surface area contributed by atoms with Crippen LogP contribution in [0.3, 0.4) is 0 Å². The fourth-order valence-corrected chi connectivity index (χ4v) is 0.763. The molecule has 0 N–H and O–H groups in total. The zero-order chi connectivity index (χ0) is 7.40. The molecular formula is C8H9O2S. The molecule has 0 atom stereocenters. The molecule has 0 saturated heterocycles. The lowest BCUT2D eigenvalue weighted by molar-refractivity contribution is -0.142. The van der Waals surface area contributed by atoms with Gasteiger partial charge in [0.2, 0.25) is 0 Å². The molecule has 0 bridgehead atoms. The second kappa shape index (κ2) is 4.79. The molecule has 0 aliphatic carbocycles. The number of carbonyl (C=O) groups excluding carboxylic acids is 1. The van der Waals surface area contributed by atoms with E-state index in [1.165, 1.54) is 0 Å². The summed E-state index contributed by atoms with van der Waals surface area (Å²) in [7, 11) is 0. The fourth-order valence-electron chi connectivity index (χ4n) is 0.763. The molecular weight excluding hydrogens is 160 g/mol. The Hall–Kier alpha value is -0.960. The normalized spacial score (nSPS) is 8.36. The molecule has 1 aromatic rings. The van der Waals surface area contributed by atoms with Crippen molar-refractivity contribution in [3.63, 3.8) is 0 Å². The lowest BCUT2D eigenvalue weighted by atomic mass is 10.2. The molecule has 0 amide bonds. The minimum Gasteiger partial charge on any atom is -0.247 e. The third kappa shape index (κ3) is 3.68. The molecule has 0 fully saturated rings. The van der Waals surface area contributed by atoms with Crippen LogP contribution < -0.4 is 0 Å². The Labute approximate surface area is 72.3 Å². The molecule has 1 rings (SSSR count). The SMILES string of the molecule is S.[O]C(=O)Cc1ccccc1. The minimum absolute atomic E-state index is 0. The molecule has 1 radical (unpaired) electrons. The molecule has 59 valence electrons. The van der Waals surface area contributed by atoms with Crippen molar-refractivity contribution >= 4 is 19.5 Å². The van der Waals surface area contributed by atoms with Crippen molar-refractivity contribution in [2.24, 2.45) is 0 Å². The Kier molecular flexibility index (Phi) is 4.38. The van der Waals surface area contributed by atoms with Crippen molar-refractivity contribution in [1.29, 1.82) is 0 Å². The number of benzene rings is 1. The van der Waals surface area contributed by atoms with Crippen molar-refractivity contribution in [2.75, 3.05) is 0 Å². The monoisotopic (exact) mass is 169 g/mol. The highest BCUT2D eigenvalue weighted by Gasteiger charge is 1.99. The van der Waals surface area contributed by atoms with E-state index in [2.05, 4.69) is 0 Å². The highest BCUT2D eigenvalue weighted by atomic mass is 32.1. The molecule has 0 aliphatic heterocycles. The smallest absolute Gasteiger partial charge is 0.247 e. The van der Waals surface area contributed by atoms with E-state index < -0.39 is 5.97 Å². The van der Waals surface area contributed by atoms with Crippen LogP contribution in [0.2, 0.25) is 0 Å². The number of hydrogen-bond donors (Lipinski definition) is 0. The molecule has 0 unspecified atom stereocenters. The second-order valence-electron chi connectivity index (χ2n) is 2.03. The fraction of sp³-hybridized carbons (Fsp3) is 0.125. The van der Waals surface area contributed by atoms with Crippen LogP contribution in [0, 0.1) is 0 Å². The average molecular weight is 169 g/mol. The van der Waals surface area contributed by atoms with Crippen molar-refractivity contribution in [3.8, 4) is 0 Å². The van der Waals surface area contributed by atoms with E-state index in [0.717, 1.165) is 5.56 Å². The van der Waals surface area contributed by atoms with Gasteiger partial charge in [-0.15, -0.1) is 0 Å². The van der Waals surface area contributed by atoms with Crippen molar-refractivity contribution in [1.82, 2.24) is 0 Å². The molecule has 3 heteroatoms. The Balaban J connectivity index is 0.000001000. The van der Waals surface area contributed by atoms with Gasteiger partial charge in [-0.05, 0) is 5.56 Å². The van der Waals surface area contributed by atoms with E-state index in [1.54, 1.807) is 24.3 Å². The molecule has 11 heavy (non-hydrogen) atoms. The first-order chi connectivity index (χ1) is 4.79. The quantitative estimate of drug-likeness (QED) is 0.657. The first-order valence-corrected chi connectivity index (χ1v) is 3.03. The highest BCUT2D eigenvalue weighted by molar-refractivity contribution is 7.59. The summed E-state index contributed by atoms with van der Waals surface area (Å²) in [5.41, 5.74) is 0.780. The summed E-state index contributed by atoms with van der Waals surface area (Å²) in [5.74, 6) is -1.04. The maximum Gasteiger partial charge on any atom is 0.359 e. The summed E-state index contributed by atoms with van der Waals surface area (Å²) in [4.78, 5) is 10.1. The van der Waals surface area contributed by atoms with Gasteiger partial charge >= 0.3 is 5.97 Å². The van der Waals surface area contributed by atoms with Crippen LogP contribution in [0.5, 0.6) is 0 Å². The van der Waals surface area contributed by atoms with Crippen LogP contribution in [0.25, 0.3) is 0 Å². The standard InChI is InChI=1S/C8H7O2.H2S/c9-8(10)6-7-4-2-1-3-5-7;/h1-5H,6H2;1H2. The maximum atomic E-state index is 10.1. The summed E-state index contributed by atoms with van der Waals surface area (Å²) in [6.07, 6.45) is 0.000833. The van der Waals surface area contributed by atoms with Gasteiger partial charge in [-0.25, -0.2) is 9.90 Å². The predicted molar refractivity (Wildman–Crippen MR) is 46.2 cm³/mol. The van der Waals surface area contributed by atoms with Gasteiger partial charge in [0.1, 0.15) is 0 Å². The van der Waals surface area contributed by atoms with E-state index in [4.69, 9.17) is 0 Å². The first-order valence-electron chi connectivity index (χ1n) is 3.03. The summed E-state index contributed by atoms with van der Waals surface area (Å²) >= 11 is 0. The van der Waals surface area contributed by atoms with E-state index in [1.807, 2.05) is 6.07 Å². The van der Waals surface area contributed by atoms with Crippen molar-refractivity contribution in [3.05, 3.63) is 35.9 Å². The molecule has 0 saturated carbocycles. The Morgan fingerprint density at radius 3 is 2.18 bits per heavy atom. The van der Waals surface area contributed by atoms with Gasteiger partial charge in [0.05, 0.1) is 6.42 Å². The average Bonchev–Trinajstić information content (AvgIpc) is 1.88. The van der Waals surface area contributed by atoms with Gasteiger partial charge in [-0.2, -0.15) is 13.5 Å². The molecule has 2 nitrogen and oxygen atoms in total. The summed E-state index contributed by atoms with van der Waals surface area (Å²) in [5, 5.41) is 10.1. The van der Waals surface area contributed by atoms with Crippen LogP contribution in [0.1, 0.15) is 5.56 Å². The third-order valence-electron chi connectivity index (χ3n) is 1.19. The number of hydrogen-bond acceptors (Lipinski definition) is 1. The van der Waals surface area contributed by atoms with Crippen molar-refractivity contribution in [2.45, 2.75) is 6.42 Å². The topological polar surface area (TPSA) is 37.0 Å². The zero-order valence-corrected chi connectivity index (χ0v) is 6.91. The van der Waals surface area contributed by atoms with Gasteiger partial charge in [0, 0.05) is 0 Å². The summed E-state index contributed by atoms with van der Waals surface area (Å²) in [6, 6.07) is 8.97. The minimum atomic E-state index is -1.04. The van der Waals surface area contributed by atoms with E-state index in [0.29, 0.717) is 0 Å². The summed E-state index contributed by atoms with van der Waals surface area (Å²) in [6.45, 7) is 0. The number of carbonyl (C=O) groups is 1. The lowest BCUT2D eigenvalue weighted by Crippen LogP contribution is -1.96. The Morgan fingerprint density at radius 2 is 1.73 bits per heavy atom. The largest absolute Gasteiger partial charge is 0.359 e. The predicted octanol–water partition coefficient (Wildman–Crippen LogP) is 1.30. The molecule has 0 heterocycles. The van der Waals surface area contributed by atoms with Gasteiger partial charge in [-0.1, -0.05) is 30.3 Å². The lowest BCUT2D eigenvalue weighted by Gasteiger charge is -1.90. The Morgan fingerprint density at radius 1 is 1.18 bits per heavy atom. The van der Waals surface area contributed by atoms with Crippen LogP contribution in [0.15, 0.2) is 30.3 Å². The van der Waals surface area contributed by atoms with E-state index >= 15 is 0 Å². The van der Waals surface area contributed by atoms with Crippen LogP contribution in [-0.2, 0) is 16.3 Å². The number of rotatable bonds is 2. The van der Waals surface area contributed by atoms with Crippen LogP contribution in [0.4, 0.5) is 0 Å². The van der Waals surface area contributed by atoms with Crippen LogP contribution in [-0.4, -0.2) is 5.97 Å². The third-order valence-corrected chi connectivity index (χ3v) is 1.19. The highest BCUT2D eigenvalue weighted by Crippen LogP contribution is 1.98. The van der Waals surface area contributed by atoms with Crippen LogP contribution >= 0.6 is 13.5 Å². The van der Waals surface area contributed by atoms with E-state index in [9.17, 15) is 9.90 Å². The molecule has 0 aliphatic rings. The first kappa shape index (κ1) is 10.0. The van der Waals surface area contributed by atoms with Crippen molar-refractivity contribution < 1.29 is 9.90 Å². The zero-order valence-electron chi connectivity index (χ0n) is 5.91.